The van der Waals surface area contributed by atoms with Crippen LogP contribution < -0.4 is 5.32 Å². The van der Waals surface area contributed by atoms with Crippen molar-refractivity contribution >= 4 is 11.6 Å². The summed E-state index contributed by atoms with van der Waals surface area (Å²) in [5, 5.41) is 6.20. The molecule has 7 heteroatoms. The van der Waals surface area contributed by atoms with E-state index in [0.717, 1.165) is 0 Å². The summed E-state index contributed by atoms with van der Waals surface area (Å²) >= 11 is 0. The number of carbonyl (C=O) groups is 1. The van der Waals surface area contributed by atoms with Gasteiger partial charge in [-0.2, -0.15) is 5.10 Å². The fraction of sp³-hybridized carbons (Fsp3) is 0.429. The Morgan fingerprint density at radius 2 is 2.36 bits per heavy atom. The molecule has 0 radical (unpaired) electrons. The van der Waals surface area contributed by atoms with Crippen LogP contribution in [0.2, 0.25) is 0 Å². The van der Waals surface area contributed by atoms with Crippen LogP contribution in [0.3, 0.4) is 0 Å². The van der Waals surface area contributed by atoms with E-state index in [-0.39, 0.29) is 16.3 Å². The van der Waals surface area contributed by atoms with Crippen LogP contribution in [0.25, 0.3) is 0 Å². The molecular formula is C7H11N4O3+. The zero-order valence-corrected chi connectivity index (χ0v) is 8.14. The lowest BCUT2D eigenvalue weighted by Gasteiger charge is -1.97. The van der Waals surface area contributed by atoms with E-state index >= 15 is 0 Å². The average molecular weight is 199 g/mol. The van der Waals surface area contributed by atoms with Crippen LogP contribution in [-0.4, -0.2) is 34.8 Å². The first-order chi connectivity index (χ1) is 6.61. The third kappa shape index (κ3) is 1.56. The minimum absolute atomic E-state index is 0.0781. The van der Waals surface area contributed by atoms with Crippen molar-refractivity contribution in [1.82, 2.24) is 15.1 Å². The summed E-state index contributed by atoms with van der Waals surface area (Å²) < 4.78 is 1.30. The first-order valence-electron chi connectivity index (χ1n) is 3.87. The molecule has 0 atom stereocenters. The van der Waals surface area contributed by atoms with Gasteiger partial charge in [-0.15, -0.1) is 0 Å². The third-order valence-corrected chi connectivity index (χ3v) is 1.72. The van der Waals surface area contributed by atoms with Crippen molar-refractivity contribution in [1.29, 1.82) is 0 Å². The molecule has 0 fully saturated rings. The van der Waals surface area contributed by atoms with Gasteiger partial charge in [-0.1, -0.05) is 0 Å². The second kappa shape index (κ2) is 3.86. The molecule has 7 nitrogen and oxygen atoms in total. The van der Waals surface area contributed by atoms with Gasteiger partial charge < -0.3 is 5.32 Å². The van der Waals surface area contributed by atoms with Crippen molar-refractivity contribution in [2.45, 2.75) is 0 Å². The van der Waals surface area contributed by atoms with Crippen molar-refractivity contribution in [3.8, 4) is 0 Å². The standard InChI is InChI=1S/C7H10N4O3/c1-8-7(12)6-5(11(13)14-3)4-9-10(6)2/h4H,1-3H3/p+1. The zero-order chi connectivity index (χ0) is 10.7. The van der Waals surface area contributed by atoms with Gasteiger partial charge in [-0.25, -0.2) is 4.84 Å². The second-order valence-corrected chi connectivity index (χ2v) is 2.52. The van der Waals surface area contributed by atoms with E-state index in [1.807, 2.05) is 0 Å². The molecule has 76 valence electrons. The Kier molecular flexibility index (Phi) is 2.80. The molecule has 1 aromatic heterocycles. The van der Waals surface area contributed by atoms with Crippen molar-refractivity contribution in [3.05, 3.63) is 16.8 Å². The van der Waals surface area contributed by atoms with Crippen LogP contribution >= 0.6 is 0 Å². The van der Waals surface area contributed by atoms with Gasteiger partial charge in [0.05, 0.1) is 4.91 Å². The topological polar surface area (TPSA) is 76.2 Å². The van der Waals surface area contributed by atoms with Gasteiger partial charge >= 0.3 is 5.69 Å². The molecule has 0 bridgehead atoms. The minimum Gasteiger partial charge on any atom is -0.354 e. The van der Waals surface area contributed by atoms with Gasteiger partial charge in [0.25, 0.3) is 10.8 Å². The van der Waals surface area contributed by atoms with Crippen LogP contribution in [0.5, 0.6) is 0 Å². The van der Waals surface area contributed by atoms with Gasteiger partial charge in [0.1, 0.15) is 6.20 Å². The Balaban J connectivity index is 3.19. The monoisotopic (exact) mass is 199 g/mol. The van der Waals surface area contributed by atoms with E-state index < -0.39 is 5.91 Å². The highest BCUT2D eigenvalue weighted by Gasteiger charge is 2.29. The van der Waals surface area contributed by atoms with Crippen LogP contribution in [0.4, 0.5) is 5.69 Å². The lowest BCUT2D eigenvalue weighted by molar-refractivity contribution is -0.736. The molecule has 0 saturated heterocycles. The van der Waals surface area contributed by atoms with Crippen LogP contribution in [0.1, 0.15) is 10.5 Å². The van der Waals surface area contributed by atoms with Gasteiger partial charge in [-0.3, -0.25) is 9.48 Å². The van der Waals surface area contributed by atoms with Crippen LogP contribution in [0, 0.1) is 4.91 Å². The number of rotatable bonds is 3. The molecule has 0 aliphatic carbocycles. The zero-order valence-electron chi connectivity index (χ0n) is 8.14. The molecule has 0 spiro atoms. The number of nitrogens with one attached hydrogen (secondary N) is 1. The minimum atomic E-state index is -0.391. The van der Waals surface area contributed by atoms with Crippen LogP contribution in [0.15, 0.2) is 6.20 Å². The Labute approximate surface area is 80.2 Å². The van der Waals surface area contributed by atoms with Crippen molar-refractivity contribution in [2.24, 2.45) is 7.05 Å². The number of aromatic nitrogens is 2. The number of amides is 1. The fourth-order valence-electron chi connectivity index (χ4n) is 1.04. The molecule has 1 rings (SSSR count). The van der Waals surface area contributed by atoms with E-state index in [9.17, 15) is 9.70 Å². The highest BCUT2D eigenvalue weighted by molar-refractivity contribution is 5.96. The molecule has 0 saturated carbocycles. The van der Waals surface area contributed by atoms with E-state index in [4.69, 9.17) is 0 Å². The van der Waals surface area contributed by atoms with E-state index in [1.165, 1.54) is 25.0 Å². The predicted octanol–water partition coefficient (Wildman–Crippen LogP) is -0.249. The quantitative estimate of drug-likeness (QED) is 0.681. The summed E-state index contributed by atoms with van der Waals surface area (Å²) in [5.41, 5.74) is 0.235. The molecule has 0 aliphatic rings. The number of hydrogen-bond donors (Lipinski definition) is 1. The average Bonchev–Trinajstić information content (AvgIpc) is 2.58. The third-order valence-electron chi connectivity index (χ3n) is 1.72. The van der Waals surface area contributed by atoms with Crippen molar-refractivity contribution < 1.29 is 14.6 Å². The molecule has 0 aromatic carbocycles. The smallest absolute Gasteiger partial charge is 0.354 e. The summed E-state index contributed by atoms with van der Waals surface area (Å²) in [4.78, 5) is 27.1. The maximum atomic E-state index is 11.3. The normalized spacial score (nSPS) is 9.64. The second-order valence-electron chi connectivity index (χ2n) is 2.52. The number of hydrogen-bond acceptors (Lipinski definition) is 4. The number of aryl methyl sites for hydroxylation is 1. The maximum absolute atomic E-state index is 11.3. The Bertz CT molecular complexity index is 371. The highest BCUT2D eigenvalue weighted by atomic mass is 16.8. The summed E-state index contributed by atoms with van der Waals surface area (Å²) in [6, 6.07) is 0. The lowest BCUT2D eigenvalue weighted by Crippen LogP contribution is -2.22. The molecule has 1 amide bonds. The van der Waals surface area contributed by atoms with Crippen molar-refractivity contribution in [3.63, 3.8) is 0 Å². The van der Waals surface area contributed by atoms with E-state index in [2.05, 4.69) is 15.3 Å². The van der Waals surface area contributed by atoms with Gasteiger partial charge in [0.15, 0.2) is 7.11 Å². The van der Waals surface area contributed by atoms with Crippen LogP contribution in [-0.2, 0) is 11.9 Å². The number of nitrogens with zero attached hydrogens (tertiary/aromatic N) is 3. The summed E-state index contributed by atoms with van der Waals surface area (Å²) in [6.07, 6.45) is 1.26. The molecule has 1 heterocycles. The summed E-state index contributed by atoms with van der Waals surface area (Å²) in [5.74, 6) is -0.391. The predicted molar refractivity (Wildman–Crippen MR) is 46.9 cm³/mol. The molecule has 0 unspecified atom stereocenters. The number of carbonyl (C=O) groups excluding carboxylic acids is 1. The summed E-state index contributed by atoms with van der Waals surface area (Å²) in [6.45, 7) is 0. The van der Waals surface area contributed by atoms with E-state index in [1.54, 1.807) is 7.05 Å². The Hall–Kier alpha value is -1.92. The molecule has 0 aliphatic heterocycles. The van der Waals surface area contributed by atoms with Gasteiger partial charge in [0, 0.05) is 14.1 Å². The SMILES string of the molecule is CNC(=O)c1c([N+](=O)OC)cnn1C. The Morgan fingerprint density at radius 1 is 1.71 bits per heavy atom. The Morgan fingerprint density at radius 3 is 2.86 bits per heavy atom. The largest absolute Gasteiger partial charge is 0.367 e. The highest BCUT2D eigenvalue weighted by Crippen LogP contribution is 2.16. The van der Waals surface area contributed by atoms with E-state index in [0.29, 0.717) is 0 Å². The molecule has 14 heavy (non-hydrogen) atoms. The molecule has 1 aromatic rings. The van der Waals surface area contributed by atoms with Gasteiger partial charge in [-0.05, 0) is 0 Å². The first kappa shape index (κ1) is 10.2. The fourth-order valence-corrected chi connectivity index (χ4v) is 1.04. The summed E-state index contributed by atoms with van der Waals surface area (Å²) in [7, 11) is 4.26. The maximum Gasteiger partial charge on any atom is 0.367 e. The van der Waals surface area contributed by atoms with Gasteiger partial charge in [0.2, 0.25) is 5.69 Å². The lowest BCUT2D eigenvalue weighted by atomic mass is 10.3. The first-order valence-corrected chi connectivity index (χ1v) is 3.87. The molecular weight excluding hydrogens is 188 g/mol. The molecule has 1 N–H and O–H groups in total. The van der Waals surface area contributed by atoms with Crippen molar-refractivity contribution in [2.75, 3.05) is 14.2 Å².